The van der Waals surface area contributed by atoms with Crippen LogP contribution in [0.15, 0.2) is 66.4 Å². The Morgan fingerprint density at radius 3 is 2.32 bits per heavy atom. The first-order chi connectivity index (χ1) is 14.9. The van der Waals surface area contributed by atoms with Crippen LogP contribution in [0.2, 0.25) is 0 Å². The molecular formula is C24H17F4NO2. The van der Waals surface area contributed by atoms with Crippen molar-refractivity contribution in [2.45, 2.75) is 18.3 Å². The zero-order valence-corrected chi connectivity index (χ0v) is 16.4. The summed E-state index contributed by atoms with van der Waals surface area (Å²) in [7, 11) is 1.43. The lowest BCUT2D eigenvalue weighted by molar-refractivity contribution is 0.102. The molecule has 1 heterocycles. The SMILES string of the molecule is COc1ncccc1C1CC(c2ccc(F)cc2)C=C1C(=O)c1c(F)cc(F)cc1F. The number of hydrogen-bond acceptors (Lipinski definition) is 3. The summed E-state index contributed by atoms with van der Waals surface area (Å²) in [5, 5.41) is 0. The molecule has 0 radical (unpaired) electrons. The van der Waals surface area contributed by atoms with E-state index in [1.54, 1.807) is 30.3 Å². The number of ketones is 1. The van der Waals surface area contributed by atoms with E-state index in [1.807, 2.05) is 0 Å². The second-order valence-corrected chi connectivity index (χ2v) is 7.24. The van der Waals surface area contributed by atoms with E-state index in [0.29, 0.717) is 24.1 Å². The Balaban J connectivity index is 1.82. The average Bonchev–Trinajstić information content (AvgIpc) is 3.18. The Bertz CT molecular complexity index is 1150. The van der Waals surface area contributed by atoms with E-state index >= 15 is 0 Å². The number of benzene rings is 2. The molecule has 1 aliphatic rings. The number of halogens is 4. The number of carbonyl (C=O) groups excluding carboxylic acids is 1. The van der Waals surface area contributed by atoms with Crippen LogP contribution in [0.3, 0.4) is 0 Å². The summed E-state index contributed by atoms with van der Waals surface area (Å²) in [6.45, 7) is 0. The van der Waals surface area contributed by atoms with Crippen molar-refractivity contribution in [1.82, 2.24) is 4.98 Å². The van der Waals surface area contributed by atoms with Crippen LogP contribution in [0.4, 0.5) is 17.6 Å². The number of rotatable bonds is 5. The van der Waals surface area contributed by atoms with Gasteiger partial charge < -0.3 is 4.74 Å². The molecule has 0 bridgehead atoms. The van der Waals surface area contributed by atoms with Crippen LogP contribution in [-0.2, 0) is 0 Å². The molecule has 0 saturated heterocycles. The van der Waals surface area contributed by atoms with Crippen molar-refractivity contribution in [3.63, 3.8) is 0 Å². The largest absolute Gasteiger partial charge is 0.481 e. The number of hydrogen-bond donors (Lipinski definition) is 0. The molecule has 3 nitrogen and oxygen atoms in total. The molecule has 0 aliphatic heterocycles. The van der Waals surface area contributed by atoms with Crippen LogP contribution in [-0.4, -0.2) is 17.9 Å². The number of nitrogens with zero attached hydrogens (tertiary/aromatic N) is 1. The minimum absolute atomic E-state index is 0.144. The van der Waals surface area contributed by atoms with E-state index < -0.39 is 40.5 Å². The van der Waals surface area contributed by atoms with Crippen molar-refractivity contribution in [2.75, 3.05) is 7.11 Å². The maximum absolute atomic E-state index is 14.3. The van der Waals surface area contributed by atoms with Crippen LogP contribution in [0.1, 0.15) is 39.7 Å². The second kappa shape index (κ2) is 8.34. The molecule has 0 amide bonds. The van der Waals surface area contributed by atoms with Crippen LogP contribution in [0.25, 0.3) is 0 Å². The van der Waals surface area contributed by atoms with Crippen LogP contribution >= 0.6 is 0 Å². The minimum Gasteiger partial charge on any atom is -0.481 e. The third kappa shape index (κ3) is 3.95. The summed E-state index contributed by atoms with van der Waals surface area (Å²) < 4.78 is 60.7. The number of ether oxygens (including phenoxy) is 1. The zero-order valence-electron chi connectivity index (χ0n) is 16.4. The van der Waals surface area contributed by atoms with E-state index in [0.717, 1.165) is 5.56 Å². The average molecular weight is 427 g/mol. The van der Waals surface area contributed by atoms with Gasteiger partial charge in [-0.15, -0.1) is 0 Å². The summed E-state index contributed by atoms with van der Waals surface area (Å²) in [4.78, 5) is 17.4. The van der Waals surface area contributed by atoms with Gasteiger partial charge in [-0.3, -0.25) is 4.79 Å². The lowest BCUT2D eigenvalue weighted by Crippen LogP contribution is -2.14. The summed E-state index contributed by atoms with van der Waals surface area (Å²) >= 11 is 0. The third-order valence-corrected chi connectivity index (χ3v) is 5.41. The Morgan fingerprint density at radius 2 is 1.68 bits per heavy atom. The topological polar surface area (TPSA) is 39.2 Å². The molecule has 3 aromatic rings. The van der Waals surface area contributed by atoms with Gasteiger partial charge in [0.25, 0.3) is 0 Å². The molecule has 158 valence electrons. The van der Waals surface area contributed by atoms with E-state index in [-0.39, 0.29) is 17.4 Å². The molecule has 4 rings (SSSR count). The summed E-state index contributed by atoms with van der Waals surface area (Å²) in [5.41, 5.74) is 0.652. The molecule has 31 heavy (non-hydrogen) atoms. The minimum atomic E-state index is -1.27. The molecule has 1 aliphatic carbocycles. The summed E-state index contributed by atoms with van der Waals surface area (Å²) in [6.07, 6.45) is 3.54. The van der Waals surface area contributed by atoms with Crippen molar-refractivity contribution >= 4 is 5.78 Å². The summed E-state index contributed by atoms with van der Waals surface area (Å²) in [5.74, 6) is -5.53. The third-order valence-electron chi connectivity index (χ3n) is 5.41. The lowest BCUT2D eigenvalue weighted by atomic mass is 9.87. The second-order valence-electron chi connectivity index (χ2n) is 7.24. The lowest BCUT2D eigenvalue weighted by Gasteiger charge is -2.18. The predicted molar refractivity (Wildman–Crippen MR) is 106 cm³/mol. The van der Waals surface area contributed by atoms with Crippen LogP contribution in [0.5, 0.6) is 5.88 Å². The number of carbonyl (C=O) groups is 1. The van der Waals surface area contributed by atoms with E-state index in [4.69, 9.17) is 4.74 Å². The van der Waals surface area contributed by atoms with Crippen molar-refractivity contribution in [2.24, 2.45) is 0 Å². The molecule has 7 heteroatoms. The number of Topliss-reactive ketones (excluding diaryl/α,β-unsaturated/α-hetero) is 1. The molecule has 0 fully saturated rings. The molecule has 2 unspecified atom stereocenters. The maximum Gasteiger partial charge on any atom is 0.216 e. The van der Waals surface area contributed by atoms with Gasteiger partial charge in [0.2, 0.25) is 5.88 Å². The van der Waals surface area contributed by atoms with E-state index in [9.17, 15) is 22.4 Å². The van der Waals surface area contributed by atoms with E-state index in [1.165, 1.54) is 25.4 Å². The Kier molecular flexibility index (Phi) is 5.59. The normalized spacial score (nSPS) is 18.0. The van der Waals surface area contributed by atoms with Gasteiger partial charge in [-0.1, -0.05) is 24.3 Å². The highest BCUT2D eigenvalue weighted by atomic mass is 19.1. The highest BCUT2D eigenvalue weighted by molar-refractivity contribution is 6.10. The fraction of sp³-hybridized carbons (Fsp3) is 0.167. The molecule has 2 aromatic carbocycles. The number of allylic oxidation sites excluding steroid dienone is 2. The first kappa shape index (κ1) is 20.8. The quantitative estimate of drug-likeness (QED) is 0.386. The van der Waals surface area contributed by atoms with Gasteiger partial charge in [0.05, 0.1) is 12.7 Å². The first-order valence-corrected chi connectivity index (χ1v) is 9.54. The van der Waals surface area contributed by atoms with Crippen molar-refractivity contribution in [3.05, 3.63) is 106 Å². The molecule has 0 spiro atoms. The Morgan fingerprint density at radius 1 is 1.00 bits per heavy atom. The van der Waals surface area contributed by atoms with Gasteiger partial charge in [0.1, 0.15) is 23.3 Å². The standard InChI is InChI=1S/C24H17F4NO2/c1-31-24-17(3-2-8-29-24)18-9-14(13-4-6-15(25)7-5-13)10-19(18)23(30)22-20(27)11-16(26)12-21(22)28/h2-8,10-12,14,18H,9H2,1H3. The van der Waals surface area contributed by atoms with Crippen LogP contribution in [0, 0.1) is 23.3 Å². The van der Waals surface area contributed by atoms with Gasteiger partial charge in [-0.05, 0) is 30.2 Å². The number of pyridine rings is 1. The van der Waals surface area contributed by atoms with Crippen molar-refractivity contribution in [3.8, 4) is 5.88 Å². The van der Waals surface area contributed by atoms with E-state index in [2.05, 4.69) is 4.98 Å². The van der Waals surface area contributed by atoms with Gasteiger partial charge in [0, 0.05) is 41.3 Å². The number of methoxy groups -OCH3 is 1. The van der Waals surface area contributed by atoms with Gasteiger partial charge in [-0.2, -0.15) is 0 Å². The Labute approximate surface area is 176 Å². The molecule has 2 atom stereocenters. The monoisotopic (exact) mass is 427 g/mol. The maximum atomic E-state index is 14.3. The fourth-order valence-corrected chi connectivity index (χ4v) is 4.00. The molecule has 1 aromatic heterocycles. The van der Waals surface area contributed by atoms with Gasteiger partial charge in [-0.25, -0.2) is 22.5 Å². The fourth-order valence-electron chi connectivity index (χ4n) is 4.00. The van der Waals surface area contributed by atoms with Crippen molar-refractivity contribution < 1.29 is 27.1 Å². The highest BCUT2D eigenvalue weighted by Crippen LogP contribution is 2.46. The highest BCUT2D eigenvalue weighted by Gasteiger charge is 2.36. The zero-order chi connectivity index (χ0) is 22.1. The molecular weight excluding hydrogens is 410 g/mol. The predicted octanol–water partition coefficient (Wildman–Crippen LogP) is 5.73. The van der Waals surface area contributed by atoms with Crippen LogP contribution < -0.4 is 4.74 Å². The van der Waals surface area contributed by atoms with Gasteiger partial charge in [0.15, 0.2) is 5.78 Å². The first-order valence-electron chi connectivity index (χ1n) is 9.54. The summed E-state index contributed by atoms with van der Waals surface area (Å²) in [6, 6.07) is 10.2. The molecule has 0 saturated carbocycles. The molecule has 0 N–H and O–H groups in total. The van der Waals surface area contributed by atoms with Gasteiger partial charge >= 0.3 is 0 Å². The van der Waals surface area contributed by atoms with Crippen molar-refractivity contribution in [1.29, 1.82) is 0 Å². The number of aromatic nitrogens is 1. The Hall–Kier alpha value is -3.48. The smallest absolute Gasteiger partial charge is 0.216 e.